The van der Waals surface area contributed by atoms with Gasteiger partial charge >= 0.3 is 0 Å². The molecule has 2 aromatic heterocycles. The highest BCUT2D eigenvalue weighted by molar-refractivity contribution is 7.92. The molecule has 0 radical (unpaired) electrons. The van der Waals surface area contributed by atoms with Gasteiger partial charge in [0.15, 0.2) is 5.82 Å². The van der Waals surface area contributed by atoms with Gasteiger partial charge in [0.25, 0.3) is 10.0 Å². The minimum atomic E-state index is -3.89. The minimum Gasteiger partial charge on any atom is -0.263 e. The van der Waals surface area contributed by atoms with E-state index < -0.39 is 10.0 Å². The Kier molecular flexibility index (Phi) is 4.25. The molecule has 0 saturated heterocycles. The fourth-order valence-electron chi connectivity index (χ4n) is 1.93. The standard InChI is InChI=1S/C14H10Cl2N4O2S/c15-10-4-5-12(11(16)9-10)23(21,22)19-14-6-8-18-20(14)13-3-1-2-7-17-13/h1-9,19H. The van der Waals surface area contributed by atoms with Crippen LogP contribution in [0.4, 0.5) is 5.82 Å². The van der Waals surface area contributed by atoms with Crippen LogP contribution in [0.3, 0.4) is 0 Å². The van der Waals surface area contributed by atoms with Crippen LogP contribution in [0.1, 0.15) is 0 Å². The van der Waals surface area contributed by atoms with Crippen molar-refractivity contribution in [2.75, 3.05) is 4.72 Å². The highest BCUT2D eigenvalue weighted by Crippen LogP contribution is 2.27. The van der Waals surface area contributed by atoms with E-state index in [1.165, 1.54) is 35.1 Å². The molecule has 9 heteroatoms. The smallest absolute Gasteiger partial charge is 0.263 e. The number of nitrogens with zero attached hydrogens (tertiary/aromatic N) is 3. The summed E-state index contributed by atoms with van der Waals surface area (Å²) in [5.74, 6) is 0.729. The first-order valence-electron chi connectivity index (χ1n) is 6.41. The predicted octanol–water partition coefficient (Wildman–Crippen LogP) is 3.37. The number of halogens is 2. The Hall–Kier alpha value is -2.09. The van der Waals surface area contributed by atoms with Gasteiger partial charge in [0, 0.05) is 17.3 Å². The van der Waals surface area contributed by atoms with Gasteiger partial charge < -0.3 is 0 Å². The van der Waals surface area contributed by atoms with Crippen LogP contribution in [0.5, 0.6) is 0 Å². The summed E-state index contributed by atoms with van der Waals surface area (Å²) >= 11 is 11.8. The third-order valence-electron chi connectivity index (χ3n) is 2.93. The van der Waals surface area contributed by atoms with Gasteiger partial charge in [-0.05, 0) is 30.3 Å². The van der Waals surface area contributed by atoms with E-state index in [2.05, 4.69) is 14.8 Å². The molecule has 0 saturated carbocycles. The molecule has 118 valence electrons. The highest BCUT2D eigenvalue weighted by atomic mass is 35.5. The van der Waals surface area contributed by atoms with Crippen LogP contribution < -0.4 is 4.72 Å². The van der Waals surface area contributed by atoms with E-state index in [4.69, 9.17) is 23.2 Å². The molecule has 0 fully saturated rings. The molecule has 1 aromatic carbocycles. The average Bonchev–Trinajstić information content (AvgIpc) is 2.95. The predicted molar refractivity (Wildman–Crippen MR) is 88.6 cm³/mol. The van der Waals surface area contributed by atoms with Gasteiger partial charge in [-0.2, -0.15) is 9.78 Å². The Morgan fingerprint density at radius 1 is 1.04 bits per heavy atom. The molecule has 1 N–H and O–H groups in total. The molecule has 0 aliphatic heterocycles. The SMILES string of the molecule is O=S(=O)(Nc1ccnn1-c1ccccn1)c1ccc(Cl)cc1Cl. The van der Waals surface area contributed by atoms with Crippen LogP contribution in [-0.4, -0.2) is 23.2 Å². The van der Waals surface area contributed by atoms with Gasteiger partial charge in [0.1, 0.15) is 10.7 Å². The van der Waals surface area contributed by atoms with Crippen LogP contribution >= 0.6 is 23.2 Å². The number of anilines is 1. The molecule has 0 amide bonds. The van der Waals surface area contributed by atoms with Crippen molar-refractivity contribution in [3.8, 4) is 5.82 Å². The third kappa shape index (κ3) is 3.31. The lowest BCUT2D eigenvalue weighted by Gasteiger charge is -2.11. The molecule has 0 atom stereocenters. The first-order valence-corrected chi connectivity index (χ1v) is 8.64. The second-order valence-electron chi connectivity index (χ2n) is 4.50. The summed E-state index contributed by atoms with van der Waals surface area (Å²) in [7, 11) is -3.89. The van der Waals surface area contributed by atoms with Crippen molar-refractivity contribution in [3.63, 3.8) is 0 Å². The second kappa shape index (κ2) is 6.19. The largest absolute Gasteiger partial charge is 0.264 e. The van der Waals surface area contributed by atoms with Gasteiger partial charge in [-0.15, -0.1) is 0 Å². The summed E-state index contributed by atoms with van der Waals surface area (Å²) in [5.41, 5.74) is 0. The quantitative estimate of drug-likeness (QED) is 0.765. The van der Waals surface area contributed by atoms with Crippen molar-refractivity contribution in [1.29, 1.82) is 0 Å². The molecule has 0 unspecified atom stereocenters. The number of benzene rings is 1. The molecule has 2 heterocycles. The second-order valence-corrected chi connectivity index (χ2v) is 6.99. The van der Waals surface area contributed by atoms with Crippen molar-refractivity contribution < 1.29 is 8.42 Å². The van der Waals surface area contributed by atoms with Crippen LogP contribution in [0, 0.1) is 0 Å². The van der Waals surface area contributed by atoms with Crippen LogP contribution in [0.15, 0.2) is 59.8 Å². The summed E-state index contributed by atoms with van der Waals surface area (Å²) < 4.78 is 28.9. The molecule has 0 bridgehead atoms. The van der Waals surface area contributed by atoms with E-state index in [1.54, 1.807) is 24.4 Å². The van der Waals surface area contributed by atoms with E-state index in [9.17, 15) is 8.42 Å². The molecule has 0 spiro atoms. The number of sulfonamides is 1. The van der Waals surface area contributed by atoms with Crippen molar-refractivity contribution in [3.05, 3.63) is 64.9 Å². The van der Waals surface area contributed by atoms with Crippen LogP contribution in [-0.2, 0) is 10.0 Å². The van der Waals surface area contributed by atoms with E-state index >= 15 is 0 Å². The molecule has 6 nitrogen and oxygen atoms in total. The maximum atomic E-state index is 12.5. The Morgan fingerprint density at radius 3 is 2.57 bits per heavy atom. The number of hydrogen-bond donors (Lipinski definition) is 1. The normalized spacial score (nSPS) is 11.4. The maximum Gasteiger partial charge on any atom is 0.264 e. The number of rotatable bonds is 4. The Labute approximate surface area is 142 Å². The van der Waals surface area contributed by atoms with Gasteiger partial charge in [-0.1, -0.05) is 29.3 Å². The Balaban J connectivity index is 1.98. The van der Waals surface area contributed by atoms with Gasteiger partial charge in [-0.3, -0.25) is 4.72 Å². The number of aromatic nitrogens is 3. The lowest BCUT2D eigenvalue weighted by Crippen LogP contribution is -2.16. The fraction of sp³-hybridized carbons (Fsp3) is 0. The van der Waals surface area contributed by atoms with Crippen LogP contribution in [0.25, 0.3) is 5.82 Å². The first-order chi connectivity index (χ1) is 11.0. The van der Waals surface area contributed by atoms with E-state index in [0.29, 0.717) is 10.8 Å². The highest BCUT2D eigenvalue weighted by Gasteiger charge is 2.20. The van der Waals surface area contributed by atoms with Gasteiger partial charge in [0.05, 0.1) is 11.2 Å². The Bertz CT molecular complexity index is 942. The average molecular weight is 369 g/mol. The third-order valence-corrected chi connectivity index (χ3v) is 5.00. The molecule has 3 aromatic rings. The summed E-state index contributed by atoms with van der Waals surface area (Å²) in [6, 6.07) is 10.9. The van der Waals surface area contributed by atoms with Crippen LogP contribution in [0.2, 0.25) is 10.0 Å². The zero-order chi connectivity index (χ0) is 16.4. The zero-order valence-corrected chi connectivity index (χ0v) is 13.8. The number of hydrogen-bond acceptors (Lipinski definition) is 4. The molecule has 23 heavy (non-hydrogen) atoms. The fourth-order valence-corrected chi connectivity index (χ4v) is 3.74. The summed E-state index contributed by atoms with van der Waals surface area (Å²) in [5, 5.41) is 4.46. The topological polar surface area (TPSA) is 76.9 Å². The van der Waals surface area contributed by atoms with Gasteiger partial charge in [0.2, 0.25) is 0 Å². The number of nitrogens with one attached hydrogen (secondary N) is 1. The lowest BCUT2D eigenvalue weighted by atomic mass is 10.4. The molecule has 0 aliphatic carbocycles. The van der Waals surface area contributed by atoms with E-state index in [-0.39, 0.29) is 15.7 Å². The summed E-state index contributed by atoms with van der Waals surface area (Å²) in [6.45, 7) is 0. The summed E-state index contributed by atoms with van der Waals surface area (Å²) in [4.78, 5) is 4.06. The monoisotopic (exact) mass is 368 g/mol. The zero-order valence-electron chi connectivity index (χ0n) is 11.5. The van der Waals surface area contributed by atoms with Crippen molar-refractivity contribution >= 4 is 39.0 Å². The molecular formula is C14H10Cl2N4O2S. The van der Waals surface area contributed by atoms with Crippen molar-refractivity contribution in [2.24, 2.45) is 0 Å². The van der Waals surface area contributed by atoms with Crippen molar-refractivity contribution in [2.45, 2.75) is 4.90 Å². The number of pyridine rings is 1. The Morgan fingerprint density at radius 2 is 1.87 bits per heavy atom. The summed E-state index contributed by atoms with van der Waals surface area (Å²) in [6.07, 6.45) is 3.06. The minimum absolute atomic E-state index is 0.0360. The molecule has 0 aliphatic rings. The van der Waals surface area contributed by atoms with E-state index in [1.807, 2.05) is 0 Å². The maximum absolute atomic E-state index is 12.5. The van der Waals surface area contributed by atoms with Gasteiger partial charge in [-0.25, -0.2) is 13.4 Å². The first kappa shape index (κ1) is 15.8. The molecule has 3 rings (SSSR count). The van der Waals surface area contributed by atoms with E-state index in [0.717, 1.165) is 0 Å². The molecular weight excluding hydrogens is 359 g/mol. The lowest BCUT2D eigenvalue weighted by molar-refractivity contribution is 0.600. The van der Waals surface area contributed by atoms with Crippen molar-refractivity contribution in [1.82, 2.24) is 14.8 Å².